The number of carbonyl (C=O) groups is 2. The molecule has 1 N–H and O–H groups in total. The second kappa shape index (κ2) is 6.83. The first-order valence-electron chi connectivity index (χ1n) is 6.65. The predicted molar refractivity (Wildman–Crippen MR) is 77.8 cm³/mol. The molecule has 7 heteroatoms. The largest absolute Gasteiger partial charge is 0.497 e. The van der Waals surface area contributed by atoms with E-state index in [0.29, 0.717) is 43.4 Å². The average molecular weight is 293 g/mol. The molecule has 0 spiro atoms. The van der Waals surface area contributed by atoms with Gasteiger partial charge in [0.2, 0.25) is 6.41 Å². The Kier molecular flexibility index (Phi) is 4.86. The van der Waals surface area contributed by atoms with Crippen molar-refractivity contribution in [2.24, 2.45) is 0 Å². The molecule has 2 rings (SSSR count). The molecule has 0 bridgehead atoms. The number of nitrogens with zero attached hydrogens (tertiary/aromatic N) is 2. The highest BCUT2D eigenvalue weighted by Crippen LogP contribution is 2.29. The Labute approximate surface area is 123 Å². The van der Waals surface area contributed by atoms with Crippen LogP contribution < -0.4 is 14.8 Å². The molecule has 114 valence electrons. The highest BCUT2D eigenvalue weighted by atomic mass is 16.5. The van der Waals surface area contributed by atoms with E-state index in [1.807, 2.05) is 0 Å². The van der Waals surface area contributed by atoms with E-state index in [9.17, 15) is 9.59 Å². The molecular formula is C14H19N3O4. The van der Waals surface area contributed by atoms with Crippen LogP contribution in [0.3, 0.4) is 0 Å². The third kappa shape index (κ3) is 3.56. The van der Waals surface area contributed by atoms with Gasteiger partial charge in [-0.15, -0.1) is 0 Å². The number of anilines is 1. The van der Waals surface area contributed by atoms with E-state index in [1.165, 1.54) is 0 Å². The van der Waals surface area contributed by atoms with Crippen LogP contribution in [0, 0.1) is 0 Å². The Morgan fingerprint density at radius 1 is 1.19 bits per heavy atom. The molecule has 1 heterocycles. The summed E-state index contributed by atoms with van der Waals surface area (Å²) in [5.41, 5.74) is 0.555. The summed E-state index contributed by atoms with van der Waals surface area (Å²) in [6.07, 6.45) is 0.806. The minimum Gasteiger partial charge on any atom is -0.497 e. The molecule has 1 aromatic rings. The number of hydrogen-bond donors (Lipinski definition) is 1. The lowest BCUT2D eigenvalue weighted by Crippen LogP contribution is -2.49. The summed E-state index contributed by atoms with van der Waals surface area (Å²) in [5, 5.41) is 2.81. The number of ether oxygens (including phenoxy) is 2. The van der Waals surface area contributed by atoms with Gasteiger partial charge in [-0.2, -0.15) is 0 Å². The zero-order valence-electron chi connectivity index (χ0n) is 12.2. The number of hydrogen-bond acceptors (Lipinski definition) is 4. The van der Waals surface area contributed by atoms with E-state index in [4.69, 9.17) is 9.47 Å². The number of benzene rings is 1. The fraction of sp³-hybridized carbons (Fsp3) is 0.429. The third-order valence-corrected chi connectivity index (χ3v) is 3.40. The van der Waals surface area contributed by atoms with Gasteiger partial charge >= 0.3 is 6.03 Å². The van der Waals surface area contributed by atoms with Crippen molar-refractivity contribution in [3.05, 3.63) is 18.2 Å². The van der Waals surface area contributed by atoms with Gasteiger partial charge in [0.05, 0.1) is 19.9 Å². The lowest BCUT2D eigenvalue weighted by atomic mass is 10.2. The smallest absolute Gasteiger partial charge is 0.322 e. The van der Waals surface area contributed by atoms with Gasteiger partial charge in [0.1, 0.15) is 11.5 Å². The molecule has 0 atom stereocenters. The summed E-state index contributed by atoms with van der Waals surface area (Å²) in [6, 6.07) is 4.99. The number of carbonyl (C=O) groups excluding carboxylic acids is 2. The molecule has 0 aromatic heterocycles. The monoisotopic (exact) mass is 293 g/mol. The van der Waals surface area contributed by atoms with Crippen LogP contribution in [0.15, 0.2) is 18.2 Å². The summed E-state index contributed by atoms with van der Waals surface area (Å²) >= 11 is 0. The maximum atomic E-state index is 12.2. The molecular weight excluding hydrogens is 274 g/mol. The van der Waals surface area contributed by atoms with Crippen LogP contribution in [0.25, 0.3) is 0 Å². The summed E-state index contributed by atoms with van der Waals surface area (Å²) in [7, 11) is 3.10. The van der Waals surface area contributed by atoms with Crippen molar-refractivity contribution in [3.8, 4) is 11.5 Å². The van der Waals surface area contributed by atoms with Crippen LogP contribution in [0.4, 0.5) is 10.5 Å². The maximum Gasteiger partial charge on any atom is 0.322 e. The van der Waals surface area contributed by atoms with Gasteiger partial charge < -0.3 is 24.6 Å². The van der Waals surface area contributed by atoms with Crippen molar-refractivity contribution >= 4 is 18.1 Å². The zero-order chi connectivity index (χ0) is 15.2. The number of methoxy groups -OCH3 is 2. The van der Waals surface area contributed by atoms with E-state index in [-0.39, 0.29) is 6.03 Å². The van der Waals surface area contributed by atoms with Crippen LogP contribution >= 0.6 is 0 Å². The van der Waals surface area contributed by atoms with Crippen molar-refractivity contribution in [1.29, 1.82) is 0 Å². The molecule has 1 saturated heterocycles. The van der Waals surface area contributed by atoms with Crippen LogP contribution in [-0.4, -0.2) is 62.6 Å². The number of urea groups is 1. The fourth-order valence-electron chi connectivity index (χ4n) is 2.14. The molecule has 0 radical (unpaired) electrons. The molecule has 1 fully saturated rings. The van der Waals surface area contributed by atoms with Crippen LogP contribution in [0.2, 0.25) is 0 Å². The highest BCUT2D eigenvalue weighted by molar-refractivity contribution is 5.91. The molecule has 3 amide bonds. The number of nitrogens with one attached hydrogen (secondary N) is 1. The number of rotatable bonds is 4. The summed E-state index contributed by atoms with van der Waals surface area (Å²) in [6.45, 7) is 2.12. The lowest BCUT2D eigenvalue weighted by Gasteiger charge is -2.32. The Hall–Kier alpha value is -2.44. The molecule has 1 aliphatic rings. The second-order valence-corrected chi connectivity index (χ2v) is 4.62. The molecule has 1 aliphatic heterocycles. The Balaban J connectivity index is 2.04. The topological polar surface area (TPSA) is 71.1 Å². The van der Waals surface area contributed by atoms with Gasteiger partial charge in [0.25, 0.3) is 0 Å². The first-order chi connectivity index (χ1) is 10.2. The number of amides is 3. The Morgan fingerprint density at radius 2 is 1.90 bits per heavy atom. The van der Waals surface area contributed by atoms with Crippen LogP contribution in [-0.2, 0) is 4.79 Å². The standard InChI is InChI=1S/C14H19N3O4/c1-20-11-3-4-13(21-2)12(9-11)15-14(19)17-7-5-16(10-18)6-8-17/h3-4,9-10H,5-8H2,1-2H3,(H,15,19). The lowest BCUT2D eigenvalue weighted by molar-refractivity contribution is -0.119. The Morgan fingerprint density at radius 3 is 2.48 bits per heavy atom. The molecule has 1 aromatic carbocycles. The van der Waals surface area contributed by atoms with E-state index in [2.05, 4.69) is 5.32 Å². The van der Waals surface area contributed by atoms with Gasteiger partial charge in [-0.25, -0.2) is 4.79 Å². The van der Waals surface area contributed by atoms with E-state index < -0.39 is 0 Å². The van der Waals surface area contributed by atoms with E-state index in [0.717, 1.165) is 6.41 Å². The van der Waals surface area contributed by atoms with Crippen molar-refractivity contribution < 1.29 is 19.1 Å². The van der Waals surface area contributed by atoms with E-state index in [1.54, 1.807) is 42.2 Å². The second-order valence-electron chi connectivity index (χ2n) is 4.62. The van der Waals surface area contributed by atoms with Crippen molar-refractivity contribution in [1.82, 2.24) is 9.80 Å². The predicted octanol–water partition coefficient (Wildman–Crippen LogP) is 1.01. The Bertz CT molecular complexity index is 513. The first kappa shape index (κ1) is 15.0. The average Bonchev–Trinajstić information content (AvgIpc) is 2.54. The quantitative estimate of drug-likeness (QED) is 0.841. The minimum atomic E-state index is -0.216. The summed E-state index contributed by atoms with van der Waals surface area (Å²) < 4.78 is 10.4. The number of piperazine rings is 1. The highest BCUT2D eigenvalue weighted by Gasteiger charge is 2.21. The molecule has 0 unspecified atom stereocenters. The van der Waals surface area contributed by atoms with Gasteiger partial charge in [-0.3, -0.25) is 4.79 Å². The fourth-order valence-corrected chi connectivity index (χ4v) is 2.14. The zero-order valence-corrected chi connectivity index (χ0v) is 12.2. The molecule has 0 aliphatic carbocycles. The first-order valence-corrected chi connectivity index (χ1v) is 6.65. The maximum absolute atomic E-state index is 12.2. The SMILES string of the molecule is COc1ccc(OC)c(NC(=O)N2CCN(C=O)CC2)c1. The van der Waals surface area contributed by atoms with Gasteiger partial charge in [-0.1, -0.05) is 0 Å². The van der Waals surface area contributed by atoms with Crippen molar-refractivity contribution in [3.63, 3.8) is 0 Å². The van der Waals surface area contributed by atoms with Crippen molar-refractivity contribution in [2.45, 2.75) is 0 Å². The van der Waals surface area contributed by atoms with Crippen LogP contribution in [0.5, 0.6) is 11.5 Å². The normalized spacial score (nSPS) is 14.6. The van der Waals surface area contributed by atoms with Crippen LogP contribution in [0.1, 0.15) is 0 Å². The summed E-state index contributed by atoms with van der Waals surface area (Å²) in [5.74, 6) is 1.20. The molecule has 7 nitrogen and oxygen atoms in total. The molecule has 0 saturated carbocycles. The summed E-state index contributed by atoms with van der Waals surface area (Å²) in [4.78, 5) is 26.2. The van der Waals surface area contributed by atoms with E-state index >= 15 is 0 Å². The van der Waals surface area contributed by atoms with Gasteiger partial charge in [0.15, 0.2) is 0 Å². The third-order valence-electron chi connectivity index (χ3n) is 3.40. The van der Waals surface area contributed by atoms with Crippen molar-refractivity contribution in [2.75, 3.05) is 45.7 Å². The van der Waals surface area contributed by atoms with Gasteiger partial charge in [-0.05, 0) is 12.1 Å². The minimum absolute atomic E-state index is 0.216. The van der Waals surface area contributed by atoms with Gasteiger partial charge in [0, 0.05) is 32.2 Å². The molecule has 21 heavy (non-hydrogen) atoms.